The summed E-state index contributed by atoms with van der Waals surface area (Å²) in [6.45, 7) is 0. The Labute approximate surface area is 109 Å². The van der Waals surface area contributed by atoms with Crippen molar-refractivity contribution >= 4 is 48.3 Å². The molecule has 4 N–H and O–H groups in total. The molecule has 0 fully saturated rings. The normalized spacial score (nSPS) is 12.9. The maximum Gasteiger partial charge on any atom is 0.334 e. The van der Waals surface area contributed by atoms with Gasteiger partial charge >= 0.3 is 19.5 Å². The lowest BCUT2D eigenvalue weighted by Crippen LogP contribution is -2.41. The summed E-state index contributed by atoms with van der Waals surface area (Å²) in [5.41, 5.74) is 0. The third-order valence-corrected chi connectivity index (χ3v) is 3.40. The minimum Gasteiger partial charge on any atom is -0.481 e. The summed E-state index contributed by atoms with van der Waals surface area (Å²) in [5.74, 6) is -4.16. The number of halogens is 1. The lowest BCUT2D eigenvalue weighted by atomic mass is 10.2. The van der Waals surface area contributed by atoms with Crippen LogP contribution < -0.4 is 0 Å². The first-order valence-corrected chi connectivity index (χ1v) is 6.78. The summed E-state index contributed by atoms with van der Waals surface area (Å²) < 4.78 is 11.0. The van der Waals surface area contributed by atoms with E-state index in [1.54, 1.807) is 0 Å². The van der Waals surface area contributed by atoms with Crippen molar-refractivity contribution in [1.29, 1.82) is 0 Å². The molecule has 0 aromatic rings. The van der Waals surface area contributed by atoms with E-state index in [1.165, 1.54) is 22.9 Å². The summed E-state index contributed by atoms with van der Waals surface area (Å²) in [5, 5.41) is 17.1. The summed E-state index contributed by atoms with van der Waals surface area (Å²) in [4.78, 5) is 49.4. The van der Waals surface area contributed by atoms with Gasteiger partial charge in [0.15, 0.2) is 0 Å². The monoisotopic (exact) mass is 381 g/mol. The van der Waals surface area contributed by atoms with Crippen LogP contribution in [0.2, 0.25) is 0 Å². The molecular weight excluding hydrogens is 372 g/mol. The zero-order valence-corrected chi connectivity index (χ0v) is 11.2. The fraction of sp³-hybridized carbons (Fsp3) is 0.500. The first-order valence-electron chi connectivity index (χ1n) is 4.01. The third-order valence-electron chi connectivity index (χ3n) is 1.51. The second-order valence-corrected chi connectivity index (χ2v) is 5.66. The number of carbonyl (C=O) groups excluding carboxylic acids is 1. The number of hydrogen-bond acceptors (Lipinski definition) is 4. The van der Waals surface area contributed by atoms with Crippen molar-refractivity contribution in [3.63, 3.8) is 0 Å². The highest BCUT2D eigenvalue weighted by Crippen LogP contribution is 2.35. The number of amides is 1. The van der Waals surface area contributed by atoms with E-state index in [2.05, 4.69) is 0 Å². The molecule has 0 heterocycles. The van der Waals surface area contributed by atoms with Crippen molar-refractivity contribution in [2.75, 3.05) is 6.16 Å². The van der Waals surface area contributed by atoms with Crippen molar-refractivity contribution < 1.29 is 38.9 Å². The number of carboxylic acids is 2. The molecule has 1 amide bonds. The first kappa shape index (κ1) is 16.3. The Morgan fingerprint density at radius 2 is 1.71 bits per heavy atom. The van der Waals surface area contributed by atoms with Gasteiger partial charge in [0.1, 0.15) is 12.2 Å². The number of hydrogen-bond donors (Lipinski definition) is 4. The van der Waals surface area contributed by atoms with Gasteiger partial charge in [0.25, 0.3) is 0 Å². The van der Waals surface area contributed by atoms with Crippen molar-refractivity contribution in [3.05, 3.63) is 0 Å². The Bertz CT molecular complexity index is 378. The highest BCUT2D eigenvalue weighted by Gasteiger charge is 2.33. The molecule has 0 spiro atoms. The van der Waals surface area contributed by atoms with Gasteiger partial charge in [-0.15, -0.1) is 0 Å². The van der Waals surface area contributed by atoms with Gasteiger partial charge in [-0.25, -0.2) is 4.79 Å². The van der Waals surface area contributed by atoms with Crippen LogP contribution in [-0.2, 0) is 18.9 Å². The Morgan fingerprint density at radius 1 is 1.24 bits per heavy atom. The molecule has 11 heteroatoms. The zero-order chi connectivity index (χ0) is 13.8. The van der Waals surface area contributed by atoms with Crippen LogP contribution in [0.15, 0.2) is 0 Å². The molecule has 0 saturated carbocycles. The predicted molar refractivity (Wildman–Crippen MR) is 61.5 cm³/mol. The topological polar surface area (TPSA) is 152 Å². The van der Waals surface area contributed by atoms with Crippen molar-refractivity contribution in [2.24, 2.45) is 0 Å². The molecule has 0 aromatic heterocycles. The van der Waals surface area contributed by atoms with Crippen molar-refractivity contribution in [2.45, 2.75) is 12.5 Å². The fourth-order valence-electron chi connectivity index (χ4n) is 0.847. The van der Waals surface area contributed by atoms with E-state index in [4.69, 9.17) is 20.0 Å². The van der Waals surface area contributed by atoms with Gasteiger partial charge in [0.2, 0.25) is 5.91 Å². The fourth-order valence-corrected chi connectivity index (χ4v) is 2.23. The standard InChI is InChI=1S/C6H9INO8P/c7-8(4(9)2-17(14,15)16)3(6(12)13)1-5(10)11/h3H,1-2H2,(H,10,11)(H,12,13)(H2,14,15,16). The Balaban J connectivity index is 4.78. The van der Waals surface area contributed by atoms with Gasteiger partial charge in [-0.2, -0.15) is 0 Å². The highest BCUT2D eigenvalue weighted by atomic mass is 127. The second-order valence-electron chi connectivity index (χ2n) is 2.98. The Morgan fingerprint density at radius 3 is 2.00 bits per heavy atom. The molecule has 0 bridgehead atoms. The molecule has 0 radical (unpaired) electrons. The first-order chi connectivity index (χ1) is 7.54. The zero-order valence-electron chi connectivity index (χ0n) is 8.19. The van der Waals surface area contributed by atoms with E-state index in [-0.39, 0.29) is 0 Å². The van der Waals surface area contributed by atoms with E-state index >= 15 is 0 Å². The summed E-state index contributed by atoms with van der Waals surface area (Å²) >= 11 is 1.21. The quantitative estimate of drug-likeness (QED) is 0.267. The van der Waals surface area contributed by atoms with Crippen LogP contribution in [0.5, 0.6) is 0 Å². The molecule has 9 nitrogen and oxygen atoms in total. The van der Waals surface area contributed by atoms with Gasteiger partial charge in [-0.1, -0.05) is 0 Å². The van der Waals surface area contributed by atoms with Crippen LogP contribution in [0.4, 0.5) is 0 Å². The minimum absolute atomic E-state index is 0.466. The molecule has 1 unspecified atom stereocenters. The smallest absolute Gasteiger partial charge is 0.334 e. The molecule has 0 aliphatic heterocycles. The molecule has 0 aliphatic carbocycles. The lowest BCUT2D eigenvalue weighted by molar-refractivity contribution is -0.149. The van der Waals surface area contributed by atoms with E-state index in [0.29, 0.717) is 3.11 Å². The molecule has 0 saturated heterocycles. The molecule has 0 aromatic carbocycles. The lowest BCUT2D eigenvalue weighted by Gasteiger charge is -2.21. The van der Waals surface area contributed by atoms with Gasteiger partial charge in [0.05, 0.1) is 29.3 Å². The van der Waals surface area contributed by atoms with Crippen LogP contribution in [0.3, 0.4) is 0 Å². The van der Waals surface area contributed by atoms with E-state index in [1.807, 2.05) is 0 Å². The van der Waals surface area contributed by atoms with E-state index < -0.39 is 44.1 Å². The van der Waals surface area contributed by atoms with Crippen LogP contribution in [0, 0.1) is 0 Å². The van der Waals surface area contributed by atoms with E-state index in [9.17, 15) is 18.9 Å². The number of carbonyl (C=O) groups is 3. The van der Waals surface area contributed by atoms with Gasteiger partial charge in [-0.05, 0) is 0 Å². The number of aliphatic carboxylic acids is 2. The maximum absolute atomic E-state index is 11.3. The van der Waals surface area contributed by atoms with Gasteiger partial charge in [0, 0.05) is 0 Å². The second kappa shape index (κ2) is 6.28. The summed E-state index contributed by atoms with van der Waals surface area (Å²) in [6.07, 6.45) is -2.02. The van der Waals surface area contributed by atoms with Crippen LogP contribution in [-0.4, -0.2) is 53.2 Å². The van der Waals surface area contributed by atoms with Gasteiger partial charge < -0.3 is 20.0 Å². The van der Waals surface area contributed by atoms with Gasteiger partial charge in [-0.3, -0.25) is 17.3 Å². The maximum atomic E-state index is 11.3. The highest BCUT2D eigenvalue weighted by molar-refractivity contribution is 14.1. The summed E-state index contributed by atoms with van der Waals surface area (Å²) in [7, 11) is -4.62. The Kier molecular flexibility index (Phi) is 6.02. The average molecular weight is 381 g/mol. The molecule has 1 atom stereocenters. The van der Waals surface area contributed by atoms with Crippen LogP contribution in [0.25, 0.3) is 0 Å². The number of nitrogens with zero attached hydrogens (tertiary/aromatic N) is 1. The number of carboxylic acid groups (broad SMARTS) is 2. The van der Waals surface area contributed by atoms with Crippen LogP contribution in [0.1, 0.15) is 6.42 Å². The largest absolute Gasteiger partial charge is 0.481 e. The minimum atomic E-state index is -4.62. The van der Waals surface area contributed by atoms with E-state index in [0.717, 1.165) is 0 Å². The molecule has 17 heavy (non-hydrogen) atoms. The molecule has 0 rings (SSSR count). The van der Waals surface area contributed by atoms with Crippen molar-refractivity contribution in [3.8, 4) is 0 Å². The third kappa shape index (κ3) is 6.56. The molecule has 0 aliphatic rings. The molecule has 98 valence electrons. The van der Waals surface area contributed by atoms with Crippen molar-refractivity contribution in [1.82, 2.24) is 3.11 Å². The average Bonchev–Trinajstić information content (AvgIpc) is 2.09. The SMILES string of the molecule is O=C(O)CC(C(=O)O)N(I)C(=O)CP(=O)(O)O. The Hall–Kier alpha value is -0.710. The number of rotatable bonds is 6. The summed E-state index contributed by atoms with van der Waals surface area (Å²) in [6, 6.07) is -1.67. The predicted octanol–water partition coefficient (Wildman–Crippen LogP) is -0.729. The van der Waals surface area contributed by atoms with Crippen LogP contribution >= 0.6 is 30.5 Å². The molecular formula is C6H9INO8P.